The Morgan fingerprint density at radius 2 is 1.56 bits per heavy atom. The number of piperazine rings is 1. The van der Waals surface area contributed by atoms with Crippen molar-refractivity contribution in [2.24, 2.45) is 0 Å². The smallest absolute Gasteiger partial charge is 0.236 e. The number of amides is 1. The van der Waals surface area contributed by atoms with Crippen LogP contribution in [0.25, 0.3) is 0 Å². The number of rotatable bonds is 3. The van der Waals surface area contributed by atoms with Gasteiger partial charge in [0.15, 0.2) is 5.79 Å². The van der Waals surface area contributed by atoms with Crippen LogP contribution in [-0.4, -0.2) is 80.5 Å². The predicted molar refractivity (Wildman–Crippen MR) is 95.5 cm³/mol. The Kier molecular flexibility index (Phi) is 4.92. The first-order chi connectivity index (χ1) is 12.2. The molecular formula is C19H27N3O3. The molecule has 1 spiro atoms. The number of hydrogen-bond donors (Lipinski definition) is 0. The highest BCUT2D eigenvalue weighted by atomic mass is 16.7. The minimum atomic E-state index is -0.360. The number of para-hydroxylation sites is 1. The Balaban J connectivity index is 1.23. The summed E-state index contributed by atoms with van der Waals surface area (Å²) < 4.78 is 11.5. The van der Waals surface area contributed by atoms with Gasteiger partial charge in [-0.15, -0.1) is 0 Å². The van der Waals surface area contributed by atoms with Gasteiger partial charge in [-0.2, -0.15) is 0 Å². The van der Waals surface area contributed by atoms with E-state index in [1.54, 1.807) is 0 Å². The molecule has 0 aliphatic carbocycles. The topological polar surface area (TPSA) is 45.3 Å². The molecule has 1 amide bonds. The highest BCUT2D eigenvalue weighted by Crippen LogP contribution is 2.31. The molecular weight excluding hydrogens is 318 g/mol. The van der Waals surface area contributed by atoms with Crippen molar-refractivity contribution in [3.63, 3.8) is 0 Å². The molecule has 3 aliphatic heterocycles. The van der Waals surface area contributed by atoms with Gasteiger partial charge in [-0.1, -0.05) is 18.2 Å². The van der Waals surface area contributed by atoms with Gasteiger partial charge < -0.3 is 19.3 Å². The molecule has 0 radical (unpaired) electrons. The van der Waals surface area contributed by atoms with Gasteiger partial charge in [0.1, 0.15) is 0 Å². The molecule has 4 rings (SSSR count). The summed E-state index contributed by atoms with van der Waals surface area (Å²) in [5, 5.41) is 0. The molecule has 3 aliphatic rings. The van der Waals surface area contributed by atoms with Crippen molar-refractivity contribution < 1.29 is 14.3 Å². The molecule has 6 nitrogen and oxygen atoms in total. The maximum Gasteiger partial charge on any atom is 0.236 e. The van der Waals surface area contributed by atoms with Gasteiger partial charge in [0.25, 0.3) is 0 Å². The molecule has 0 bridgehead atoms. The van der Waals surface area contributed by atoms with Crippen LogP contribution in [0.5, 0.6) is 0 Å². The second-order valence-electron chi connectivity index (χ2n) is 7.09. The van der Waals surface area contributed by atoms with E-state index in [4.69, 9.17) is 9.47 Å². The van der Waals surface area contributed by atoms with Crippen LogP contribution in [-0.2, 0) is 14.3 Å². The van der Waals surface area contributed by atoms with Gasteiger partial charge in [0.05, 0.1) is 19.8 Å². The van der Waals surface area contributed by atoms with Crippen molar-refractivity contribution in [1.29, 1.82) is 0 Å². The summed E-state index contributed by atoms with van der Waals surface area (Å²) in [5.41, 5.74) is 1.24. The zero-order chi connectivity index (χ0) is 17.1. The van der Waals surface area contributed by atoms with E-state index in [9.17, 15) is 4.79 Å². The first kappa shape index (κ1) is 16.8. The first-order valence-electron chi connectivity index (χ1n) is 9.32. The molecule has 0 unspecified atom stereocenters. The van der Waals surface area contributed by atoms with Crippen LogP contribution in [0, 0.1) is 0 Å². The van der Waals surface area contributed by atoms with Crippen LogP contribution in [0.4, 0.5) is 5.69 Å². The van der Waals surface area contributed by atoms with Gasteiger partial charge in [-0.25, -0.2) is 0 Å². The van der Waals surface area contributed by atoms with Crippen molar-refractivity contribution in [2.75, 3.05) is 63.9 Å². The van der Waals surface area contributed by atoms with Crippen LogP contribution in [0.3, 0.4) is 0 Å². The van der Waals surface area contributed by atoms with E-state index in [0.717, 1.165) is 52.1 Å². The molecule has 0 N–H and O–H groups in total. The third-order valence-electron chi connectivity index (χ3n) is 5.54. The fraction of sp³-hybridized carbons (Fsp3) is 0.632. The molecule has 3 heterocycles. The molecule has 6 heteroatoms. The number of likely N-dealkylation sites (tertiary alicyclic amines) is 1. The summed E-state index contributed by atoms with van der Waals surface area (Å²) in [7, 11) is 0. The second-order valence-corrected chi connectivity index (χ2v) is 7.09. The number of carbonyl (C=O) groups excluding carboxylic acids is 1. The number of anilines is 1. The number of benzene rings is 1. The summed E-state index contributed by atoms with van der Waals surface area (Å²) in [6, 6.07) is 10.4. The second kappa shape index (κ2) is 7.32. The fourth-order valence-corrected chi connectivity index (χ4v) is 3.98. The molecule has 0 saturated carbocycles. The highest BCUT2D eigenvalue weighted by molar-refractivity contribution is 5.78. The lowest BCUT2D eigenvalue weighted by Gasteiger charge is -2.39. The molecule has 1 aromatic carbocycles. The minimum Gasteiger partial charge on any atom is -0.368 e. The van der Waals surface area contributed by atoms with Crippen LogP contribution >= 0.6 is 0 Å². The predicted octanol–water partition coefficient (Wildman–Crippen LogP) is 1.17. The number of carbonyl (C=O) groups is 1. The van der Waals surface area contributed by atoms with Crippen molar-refractivity contribution in [3.05, 3.63) is 30.3 Å². The Labute approximate surface area is 149 Å². The van der Waals surface area contributed by atoms with Gasteiger partial charge in [-0.05, 0) is 12.1 Å². The van der Waals surface area contributed by atoms with Gasteiger partial charge in [0.2, 0.25) is 5.91 Å². The maximum atomic E-state index is 12.6. The van der Waals surface area contributed by atoms with E-state index in [0.29, 0.717) is 19.8 Å². The average Bonchev–Trinajstić information content (AvgIpc) is 3.13. The Hall–Kier alpha value is -1.63. The van der Waals surface area contributed by atoms with Crippen LogP contribution in [0.1, 0.15) is 12.8 Å². The standard InChI is InChI=1S/C19H27N3O3/c23-18(16-20-8-6-19(7-9-20)24-14-15-25-19)22-12-10-21(11-13-22)17-4-2-1-3-5-17/h1-5H,6-16H2. The fourth-order valence-electron chi connectivity index (χ4n) is 3.98. The Morgan fingerprint density at radius 3 is 2.20 bits per heavy atom. The summed E-state index contributed by atoms with van der Waals surface area (Å²) in [4.78, 5) is 19.2. The molecule has 1 aromatic rings. The summed E-state index contributed by atoms with van der Waals surface area (Å²) >= 11 is 0. The minimum absolute atomic E-state index is 0.247. The summed E-state index contributed by atoms with van der Waals surface area (Å²) in [6.07, 6.45) is 1.73. The van der Waals surface area contributed by atoms with E-state index in [1.165, 1.54) is 5.69 Å². The number of nitrogens with zero attached hydrogens (tertiary/aromatic N) is 3. The largest absolute Gasteiger partial charge is 0.368 e. The highest BCUT2D eigenvalue weighted by Gasteiger charge is 2.40. The molecule has 0 aromatic heterocycles. The lowest BCUT2D eigenvalue weighted by molar-refractivity contribution is -0.186. The van der Waals surface area contributed by atoms with Gasteiger partial charge in [-0.3, -0.25) is 9.69 Å². The average molecular weight is 345 g/mol. The quantitative estimate of drug-likeness (QED) is 0.823. The lowest BCUT2D eigenvalue weighted by atomic mass is 10.0. The molecule has 136 valence electrons. The van der Waals surface area contributed by atoms with Crippen LogP contribution < -0.4 is 4.90 Å². The summed E-state index contributed by atoms with van der Waals surface area (Å²) in [6.45, 7) is 7.07. The van der Waals surface area contributed by atoms with Crippen molar-refractivity contribution in [2.45, 2.75) is 18.6 Å². The van der Waals surface area contributed by atoms with E-state index in [1.807, 2.05) is 11.0 Å². The first-order valence-corrected chi connectivity index (χ1v) is 9.32. The number of ether oxygens (including phenoxy) is 2. The molecule has 3 fully saturated rings. The van der Waals surface area contributed by atoms with E-state index >= 15 is 0 Å². The van der Waals surface area contributed by atoms with E-state index in [2.05, 4.69) is 34.1 Å². The lowest BCUT2D eigenvalue weighted by Crippen LogP contribution is -2.53. The SMILES string of the molecule is O=C(CN1CCC2(CC1)OCCO2)N1CCN(c2ccccc2)CC1. The third-order valence-corrected chi connectivity index (χ3v) is 5.54. The van der Waals surface area contributed by atoms with Crippen LogP contribution in [0.15, 0.2) is 30.3 Å². The van der Waals surface area contributed by atoms with Gasteiger partial charge >= 0.3 is 0 Å². The van der Waals surface area contributed by atoms with Crippen molar-refractivity contribution in [1.82, 2.24) is 9.80 Å². The normalized spacial score (nSPS) is 24.0. The maximum absolute atomic E-state index is 12.6. The van der Waals surface area contributed by atoms with Crippen LogP contribution in [0.2, 0.25) is 0 Å². The monoisotopic (exact) mass is 345 g/mol. The molecule has 0 atom stereocenters. The Bertz CT molecular complexity index is 571. The van der Waals surface area contributed by atoms with Crippen molar-refractivity contribution in [3.8, 4) is 0 Å². The van der Waals surface area contributed by atoms with E-state index < -0.39 is 0 Å². The van der Waals surface area contributed by atoms with Crippen molar-refractivity contribution >= 4 is 11.6 Å². The molecule has 25 heavy (non-hydrogen) atoms. The third kappa shape index (κ3) is 3.81. The zero-order valence-corrected chi connectivity index (χ0v) is 14.7. The number of piperidine rings is 1. The zero-order valence-electron chi connectivity index (χ0n) is 14.7. The van der Waals surface area contributed by atoms with Gasteiger partial charge in [0, 0.05) is 57.8 Å². The number of hydrogen-bond acceptors (Lipinski definition) is 5. The van der Waals surface area contributed by atoms with E-state index in [-0.39, 0.29) is 11.7 Å². The molecule has 3 saturated heterocycles. The Morgan fingerprint density at radius 1 is 0.920 bits per heavy atom. The summed E-state index contributed by atoms with van der Waals surface area (Å²) in [5.74, 6) is -0.113.